The van der Waals surface area contributed by atoms with Gasteiger partial charge < -0.3 is 10.1 Å². The quantitative estimate of drug-likeness (QED) is 0.577. The number of ether oxygens (including phenoxy) is 1. The zero-order valence-corrected chi connectivity index (χ0v) is 17.9. The number of carbonyl (C=O) groups excluding carboxylic acids is 2. The van der Waals surface area contributed by atoms with Gasteiger partial charge in [0.1, 0.15) is 10.9 Å². The van der Waals surface area contributed by atoms with Gasteiger partial charge in [-0.05, 0) is 31.4 Å². The van der Waals surface area contributed by atoms with Gasteiger partial charge in [0, 0.05) is 6.54 Å². The first-order valence-corrected chi connectivity index (χ1v) is 10.7. The molecule has 1 rings (SSSR count). The number of carbonyl (C=O) groups is 2. The number of hydrogen-bond donors (Lipinski definition) is 2. The zero-order valence-electron chi connectivity index (χ0n) is 15.6. The molecule has 1 aromatic rings. The van der Waals surface area contributed by atoms with Gasteiger partial charge in [0.15, 0.2) is 6.10 Å². The van der Waals surface area contributed by atoms with Crippen LogP contribution in [0.4, 0.5) is 0 Å². The SMILES string of the molecule is CCCNC(=O)[C@@H](C)OC(=O)[C@@H](NS(=O)(=O)c1c(Cl)cccc1Cl)C(C)C. The van der Waals surface area contributed by atoms with Crippen LogP contribution in [0.3, 0.4) is 0 Å². The van der Waals surface area contributed by atoms with Crippen LogP contribution in [0.5, 0.6) is 0 Å². The first kappa shape index (κ1) is 23.7. The molecule has 0 aliphatic carbocycles. The number of amides is 1. The second kappa shape index (κ2) is 10.3. The maximum absolute atomic E-state index is 12.7. The lowest BCUT2D eigenvalue weighted by Crippen LogP contribution is -2.47. The van der Waals surface area contributed by atoms with Crippen LogP contribution in [0.2, 0.25) is 10.0 Å². The highest BCUT2D eigenvalue weighted by Crippen LogP contribution is 2.29. The molecule has 0 radical (unpaired) electrons. The van der Waals surface area contributed by atoms with Crippen molar-refractivity contribution in [2.75, 3.05) is 6.54 Å². The normalized spacial score (nSPS) is 13.9. The van der Waals surface area contributed by atoms with Gasteiger partial charge in [0.05, 0.1) is 10.0 Å². The molecule has 0 aliphatic rings. The summed E-state index contributed by atoms with van der Waals surface area (Å²) in [5.41, 5.74) is 0. The molecule has 1 amide bonds. The lowest BCUT2D eigenvalue weighted by Gasteiger charge is -2.23. The molecular weight excluding hydrogens is 415 g/mol. The zero-order chi connectivity index (χ0) is 20.8. The molecule has 0 spiro atoms. The maximum atomic E-state index is 12.7. The van der Waals surface area contributed by atoms with E-state index in [1.807, 2.05) is 6.92 Å². The minimum atomic E-state index is -4.20. The van der Waals surface area contributed by atoms with Crippen molar-refractivity contribution < 1.29 is 22.7 Å². The van der Waals surface area contributed by atoms with Crippen molar-refractivity contribution in [1.29, 1.82) is 0 Å². The van der Waals surface area contributed by atoms with Crippen LogP contribution in [-0.4, -0.2) is 39.0 Å². The van der Waals surface area contributed by atoms with Crippen molar-refractivity contribution in [3.63, 3.8) is 0 Å². The van der Waals surface area contributed by atoms with E-state index in [9.17, 15) is 18.0 Å². The predicted octanol–water partition coefficient (Wildman–Crippen LogP) is 2.75. The van der Waals surface area contributed by atoms with Gasteiger partial charge in [-0.2, -0.15) is 4.72 Å². The summed E-state index contributed by atoms with van der Waals surface area (Å²) >= 11 is 11.9. The summed E-state index contributed by atoms with van der Waals surface area (Å²) < 4.78 is 32.8. The van der Waals surface area contributed by atoms with Crippen molar-refractivity contribution in [2.45, 2.75) is 51.2 Å². The third-order valence-corrected chi connectivity index (χ3v) is 6.00. The van der Waals surface area contributed by atoms with Crippen molar-refractivity contribution in [1.82, 2.24) is 10.0 Å². The Kier molecular flexibility index (Phi) is 9.01. The van der Waals surface area contributed by atoms with Crippen molar-refractivity contribution in [3.05, 3.63) is 28.2 Å². The molecule has 27 heavy (non-hydrogen) atoms. The molecule has 0 fully saturated rings. The van der Waals surface area contributed by atoms with Crippen LogP contribution in [0.25, 0.3) is 0 Å². The molecule has 0 saturated heterocycles. The second-order valence-corrected chi connectivity index (χ2v) is 8.73. The standard InChI is InChI=1S/C17H24Cl2N2O5S/c1-5-9-20-16(22)11(4)26-17(23)14(10(2)3)21-27(24,25)15-12(18)7-6-8-13(15)19/h6-8,10-11,14,21H,5,9H2,1-4H3,(H,20,22)/t11-,14+/m1/s1. The molecule has 0 aliphatic heterocycles. The summed E-state index contributed by atoms with van der Waals surface area (Å²) in [4.78, 5) is 24.0. The topological polar surface area (TPSA) is 102 Å². The number of benzene rings is 1. The van der Waals surface area contributed by atoms with Crippen LogP contribution in [-0.2, 0) is 24.3 Å². The number of nitrogens with one attached hydrogen (secondary N) is 2. The first-order chi connectivity index (χ1) is 12.5. The van der Waals surface area contributed by atoms with Crippen LogP contribution < -0.4 is 10.0 Å². The van der Waals surface area contributed by atoms with Crippen LogP contribution in [0.15, 0.2) is 23.1 Å². The molecule has 0 heterocycles. The maximum Gasteiger partial charge on any atom is 0.325 e. The van der Waals surface area contributed by atoms with E-state index in [0.29, 0.717) is 6.54 Å². The molecule has 0 bridgehead atoms. The third kappa shape index (κ3) is 6.64. The molecule has 2 N–H and O–H groups in total. The highest BCUT2D eigenvalue weighted by Gasteiger charge is 2.33. The Morgan fingerprint density at radius 3 is 2.19 bits per heavy atom. The molecule has 152 valence electrons. The fourth-order valence-corrected chi connectivity index (χ4v) is 4.59. The Labute approximate surface area is 169 Å². The van der Waals surface area contributed by atoms with Gasteiger partial charge >= 0.3 is 5.97 Å². The van der Waals surface area contributed by atoms with Crippen molar-refractivity contribution in [3.8, 4) is 0 Å². The smallest absolute Gasteiger partial charge is 0.325 e. The van der Waals surface area contributed by atoms with Crippen LogP contribution in [0, 0.1) is 5.92 Å². The fraction of sp³-hybridized carbons (Fsp3) is 0.529. The third-order valence-electron chi connectivity index (χ3n) is 3.60. The number of esters is 1. The molecule has 10 heteroatoms. The lowest BCUT2D eigenvalue weighted by molar-refractivity contribution is -0.157. The van der Waals surface area contributed by atoms with Crippen LogP contribution in [0.1, 0.15) is 34.1 Å². The van der Waals surface area contributed by atoms with Gasteiger partial charge in [-0.1, -0.05) is 50.0 Å². The highest BCUT2D eigenvalue weighted by atomic mass is 35.5. The van der Waals surface area contributed by atoms with Gasteiger partial charge in [-0.3, -0.25) is 9.59 Å². The van der Waals surface area contributed by atoms with Gasteiger partial charge in [-0.15, -0.1) is 0 Å². The average molecular weight is 439 g/mol. The minimum absolute atomic E-state index is 0.0711. The van der Waals surface area contributed by atoms with Gasteiger partial charge in [-0.25, -0.2) is 8.42 Å². The highest BCUT2D eigenvalue weighted by molar-refractivity contribution is 7.89. The van der Waals surface area contributed by atoms with E-state index >= 15 is 0 Å². The van der Waals surface area contributed by atoms with E-state index in [2.05, 4.69) is 10.0 Å². The molecular formula is C17H24Cl2N2O5S. The Morgan fingerprint density at radius 1 is 1.15 bits per heavy atom. The Bertz CT molecular complexity index is 763. The molecule has 1 aromatic carbocycles. The lowest BCUT2D eigenvalue weighted by atomic mass is 10.1. The predicted molar refractivity (Wildman–Crippen MR) is 104 cm³/mol. The fourth-order valence-electron chi connectivity index (χ4n) is 2.11. The summed E-state index contributed by atoms with van der Waals surface area (Å²) in [6.45, 7) is 7.04. The summed E-state index contributed by atoms with van der Waals surface area (Å²) in [7, 11) is -4.20. The van der Waals surface area contributed by atoms with Crippen molar-refractivity contribution >= 4 is 45.1 Å². The molecule has 0 aromatic heterocycles. The number of halogens is 2. The van der Waals surface area contributed by atoms with E-state index in [1.165, 1.54) is 25.1 Å². The molecule has 0 unspecified atom stereocenters. The number of hydrogen-bond acceptors (Lipinski definition) is 5. The summed E-state index contributed by atoms with van der Waals surface area (Å²) in [5, 5.41) is 2.46. The minimum Gasteiger partial charge on any atom is -0.451 e. The van der Waals surface area contributed by atoms with Crippen molar-refractivity contribution in [2.24, 2.45) is 5.92 Å². The summed E-state index contributed by atoms with van der Waals surface area (Å²) in [6.07, 6.45) is -0.321. The Morgan fingerprint density at radius 2 is 1.70 bits per heavy atom. The van der Waals surface area contributed by atoms with E-state index in [-0.39, 0.29) is 14.9 Å². The number of rotatable bonds is 9. The largest absolute Gasteiger partial charge is 0.451 e. The van der Waals surface area contributed by atoms with E-state index in [1.54, 1.807) is 13.8 Å². The summed E-state index contributed by atoms with van der Waals surface area (Å²) in [6, 6.07) is 3.05. The number of sulfonamides is 1. The second-order valence-electron chi connectivity index (χ2n) is 6.26. The first-order valence-electron chi connectivity index (χ1n) is 8.45. The monoisotopic (exact) mass is 438 g/mol. The Hall–Kier alpha value is -1.35. The van der Waals surface area contributed by atoms with E-state index in [0.717, 1.165) is 6.42 Å². The van der Waals surface area contributed by atoms with Gasteiger partial charge in [0.2, 0.25) is 10.0 Å². The summed E-state index contributed by atoms with van der Waals surface area (Å²) in [5.74, 6) is -1.76. The average Bonchev–Trinajstić information content (AvgIpc) is 2.56. The Balaban J connectivity index is 2.99. The molecule has 2 atom stereocenters. The molecule has 7 nitrogen and oxygen atoms in total. The van der Waals surface area contributed by atoms with Crippen LogP contribution >= 0.6 is 23.2 Å². The molecule has 0 saturated carbocycles. The van der Waals surface area contributed by atoms with E-state index in [4.69, 9.17) is 27.9 Å². The van der Waals surface area contributed by atoms with Gasteiger partial charge in [0.25, 0.3) is 5.91 Å². The van der Waals surface area contributed by atoms with E-state index < -0.39 is 40.0 Å².